The van der Waals surface area contributed by atoms with Gasteiger partial charge in [0.15, 0.2) is 0 Å². The van der Waals surface area contributed by atoms with Crippen molar-refractivity contribution in [3.05, 3.63) is 76.9 Å². The highest BCUT2D eigenvalue weighted by molar-refractivity contribution is 7.89. The van der Waals surface area contributed by atoms with Gasteiger partial charge in [0.1, 0.15) is 11.6 Å². The number of nitrogens with zero attached hydrogens (tertiary/aromatic N) is 4. The number of nitrogens with one attached hydrogen (secondary N) is 1. The van der Waals surface area contributed by atoms with Crippen molar-refractivity contribution < 1.29 is 13.2 Å². The lowest BCUT2D eigenvalue weighted by atomic mass is 10.0. The summed E-state index contributed by atoms with van der Waals surface area (Å²) < 4.78 is 30.2. The van der Waals surface area contributed by atoms with E-state index in [2.05, 4.69) is 20.1 Å². The van der Waals surface area contributed by atoms with Crippen LogP contribution in [0.15, 0.2) is 53.4 Å². The Bertz CT molecular complexity index is 1300. The van der Waals surface area contributed by atoms with Gasteiger partial charge in [-0.1, -0.05) is 36.8 Å². The van der Waals surface area contributed by atoms with Crippen LogP contribution in [0.5, 0.6) is 0 Å². The Morgan fingerprint density at radius 1 is 0.941 bits per heavy atom. The SMILES string of the molecule is O=C(NCCc1nnc2n1CCCCC2)c1cccc(S(=O)(=O)N2CCc3ccccc3C2)c1. The molecule has 0 saturated heterocycles. The monoisotopic (exact) mass is 479 g/mol. The highest BCUT2D eigenvalue weighted by Crippen LogP contribution is 2.25. The van der Waals surface area contributed by atoms with E-state index in [1.165, 1.54) is 22.4 Å². The molecule has 2 aliphatic rings. The molecule has 5 rings (SSSR count). The summed E-state index contributed by atoms with van der Waals surface area (Å²) in [4.78, 5) is 12.9. The molecule has 0 atom stereocenters. The second kappa shape index (κ2) is 9.68. The molecular weight excluding hydrogens is 450 g/mol. The largest absolute Gasteiger partial charge is 0.352 e. The predicted molar refractivity (Wildman–Crippen MR) is 128 cm³/mol. The molecule has 0 spiro atoms. The predicted octanol–water partition coefficient (Wildman–Crippen LogP) is 2.72. The van der Waals surface area contributed by atoms with Crippen molar-refractivity contribution in [2.75, 3.05) is 13.1 Å². The second-order valence-corrected chi connectivity index (χ2v) is 10.8. The molecule has 1 amide bonds. The minimum atomic E-state index is -3.70. The molecule has 2 aromatic carbocycles. The van der Waals surface area contributed by atoms with Gasteiger partial charge in [0, 0.05) is 44.6 Å². The highest BCUT2D eigenvalue weighted by atomic mass is 32.2. The highest BCUT2D eigenvalue weighted by Gasteiger charge is 2.28. The van der Waals surface area contributed by atoms with Gasteiger partial charge < -0.3 is 9.88 Å². The third-order valence-electron chi connectivity index (χ3n) is 6.65. The van der Waals surface area contributed by atoms with Gasteiger partial charge in [-0.25, -0.2) is 8.42 Å². The molecule has 1 aromatic heterocycles. The van der Waals surface area contributed by atoms with Crippen LogP contribution in [-0.2, 0) is 42.4 Å². The fraction of sp³-hybridized carbons (Fsp3) is 0.400. The van der Waals surface area contributed by atoms with Crippen LogP contribution >= 0.6 is 0 Å². The molecule has 9 heteroatoms. The number of benzene rings is 2. The number of fused-ring (bicyclic) bond motifs is 2. The molecule has 0 bridgehead atoms. The van der Waals surface area contributed by atoms with Gasteiger partial charge in [-0.15, -0.1) is 10.2 Å². The summed E-state index contributed by atoms with van der Waals surface area (Å²) in [6.07, 6.45) is 5.67. The Hall–Kier alpha value is -3.04. The first-order chi connectivity index (χ1) is 16.5. The first-order valence-corrected chi connectivity index (χ1v) is 13.3. The Morgan fingerprint density at radius 2 is 1.79 bits per heavy atom. The van der Waals surface area contributed by atoms with Crippen molar-refractivity contribution in [1.29, 1.82) is 0 Å². The van der Waals surface area contributed by atoms with E-state index in [4.69, 9.17) is 0 Å². The topological polar surface area (TPSA) is 97.2 Å². The minimum absolute atomic E-state index is 0.141. The third-order valence-corrected chi connectivity index (χ3v) is 8.49. The molecular formula is C25H29N5O3S. The van der Waals surface area contributed by atoms with E-state index in [1.807, 2.05) is 24.3 Å². The summed E-state index contributed by atoms with van der Waals surface area (Å²) in [5.41, 5.74) is 2.54. The Kier molecular flexibility index (Phi) is 6.47. The smallest absolute Gasteiger partial charge is 0.251 e. The maximum absolute atomic E-state index is 13.3. The lowest BCUT2D eigenvalue weighted by Gasteiger charge is -2.28. The molecule has 3 aromatic rings. The standard InChI is InChI=1S/C25H29N5O3S/c31-25(26-14-12-24-28-27-23-11-2-1-5-15-30(23)24)20-9-6-10-22(17-20)34(32,33)29-16-13-19-7-3-4-8-21(19)18-29/h3-4,6-10,17H,1-2,5,11-16,18H2,(H,26,31). The van der Waals surface area contributed by atoms with Gasteiger partial charge in [-0.05, 0) is 48.6 Å². The molecule has 178 valence electrons. The molecule has 1 N–H and O–H groups in total. The van der Waals surface area contributed by atoms with Gasteiger partial charge in [0.05, 0.1) is 4.90 Å². The van der Waals surface area contributed by atoms with Crippen LogP contribution in [0.4, 0.5) is 0 Å². The molecule has 2 aliphatic heterocycles. The fourth-order valence-corrected chi connectivity index (χ4v) is 6.21. The maximum atomic E-state index is 13.3. The van der Waals surface area contributed by atoms with Crippen LogP contribution in [0.2, 0.25) is 0 Å². The normalized spacial score (nSPS) is 16.4. The van der Waals surface area contributed by atoms with E-state index < -0.39 is 10.0 Å². The first kappa shape index (κ1) is 22.7. The second-order valence-electron chi connectivity index (χ2n) is 8.89. The molecule has 0 unspecified atom stereocenters. The van der Waals surface area contributed by atoms with Crippen molar-refractivity contribution in [3.8, 4) is 0 Å². The van der Waals surface area contributed by atoms with E-state index in [0.717, 1.165) is 43.0 Å². The minimum Gasteiger partial charge on any atom is -0.352 e. The Morgan fingerprint density at radius 3 is 2.68 bits per heavy atom. The number of carbonyl (C=O) groups is 1. The average molecular weight is 480 g/mol. The van der Waals surface area contributed by atoms with Gasteiger partial charge >= 0.3 is 0 Å². The lowest BCUT2D eigenvalue weighted by molar-refractivity contribution is 0.0953. The van der Waals surface area contributed by atoms with Gasteiger partial charge in [0.25, 0.3) is 5.91 Å². The van der Waals surface area contributed by atoms with Crippen LogP contribution in [0, 0.1) is 0 Å². The molecule has 0 aliphatic carbocycles. The Balaban J connectivity index is 1.24. The summed E-state index contributed by atoms with van der Waals surface area (Å²) in [7, 11) is -3.70. The van der Waals surface area contributed by atoms with Crippen LogP contribution in [0.3, 0.4) is 0 Å². The fourth-order valence-electron chi connectivity index (χ4n) is 4.74. The van der Waals surface area contributed by atoms with Crippen LogP contribution in [0.1, 0.15) is 52.4 Å². The molecule has 0 fully saturated rings. The van der Waals surface area contributed by atoms with E-state index in [0.29, 0.717) is 38.0 Å². The van der Waals surface area contributed by atoms with Crippen molar-refractivity contribution in [2.45, 2.75) is 56.5 Å². The van der Waals surface area contributed by atoms with Crippen LogP contribution in [-0.4, -0.2) is 46.5 Å². The van der Waals surface area contributed by atoms with Gasteiger partial charge in [-0.3, -0.25) is 4.79 Å². The zero-order valence-corrected chi connectivity index (χ0v) is 19.9. The Labute approximate surface area is 200 Å². The quantitative estimate of drug-likeness (QED) is 0.586. The zero-order chi connectivity index (χ0) is 23.5. The number of carbonyl (C=O) groups excluding carboxylic acids is 1. The molecule has 8 nitrogen and oxygen atoms in total. The number of sulfonamides is 1. The van der Waals surface area contributed by atoms with Crippen molar-refractivity contribution >= 4 is 15.9 Å². The number of hydrogen-bond acceptors (Lipinski definition) is 5. The number of amides is 1. The summed E-state index contributed by atoms with van der Waals surface area (Å²) in [5, 5.41) is 11.5. The van der Waals surface area contributed by atoms with Crippen molar-refractivity contribution in [1.82, 2.24) is 24.4 Å². The van der Waals surface area contributed by atoms with E-state index in [-0.39, 0.29) is 10.8 Å². The maximum Gasteiger partial charge on any atom is 0.251 e. The first-order valence-electron chi connectivity index (χ1n) is 11.9. The van der Waals surface area contributed by atoms with Crippen LogP contribution in [0.25, 0.3) is 0 Å². The summed E-state index contributed by atoms with van der Waals surface area (Å²) in [6, 6.07) is 14.2. The number of aryl methyl sites for hydroxylation is 1. The van der Waals surface area contributed by atoms with Crippen molar-refractivity contribution in [2.24, 2.45) is 0 Å². The van der Waals surface area contributed by atoms with Crippen molar-refractivity contribution in [3.63, 3.8) is 0 Å². The lowest BCUT2D eigenvalue weighted by Crippen LogP contribution is -2.36. The summed E-state index contributed by atoms with van der Waals surface area (Å²) in [6.45, 7) is 2.11. The summed E-state index contributed by atoms with van der Waals surface area (Å²) >= 11 is 0. The third kappa shape index (κ3) is 4.63. The van der Waals surface area contributed by atoms with E-state index in [1.54, 1.807) is 18.2 Å². The molecule has 3 heterocycles. The molecule has 0 saturated carbocycles. The molecule has 34 heavy (non-hydrogen) atoms. The average Bonchev–Trinajstić information content (AvgIpc) is 3.09. The van der Waals surface area contributed by atoms with Crippen LogP contribution < -0.4 is 5.32 Å². The number of hydrogen-bond donors (Lipinski definition) is 1. The summed E-state index contributed by atoms with van der Waals surface area (Å²) in [5.74, 6) is 1.62. The van der Waals surface area contributed by atoms with E-state index >= 15 is 0 Å². The zero-order valence-electron chi connectivity index (χ0n) is 19.1. The number of aromatic nitrogens is 3. The van der Waals surface area contributed by atoms with Gasteiger partial charge in [0.2, 0.25) is 10.0 Å². The van der Waals surface area contributed by atoms with Gasteiger partial charge in [-0.2, -0.15) is 4.31 Å². The number of rotatable bonds is 6. The van der Waals surface area contributed by atoms with E-state index in [9.17, 15) is 13.2 Å². The molecule has 0 radical (unpaired) electrons.